The fourth-order valence-electron chi connectivity index (χ4n) is 0.901. The summed E-state index contributed by atoms with van der Waals surface area (Å²) in [5, 5.41) is 9.12. The highest BCUT2D eigenvalue weighted by Crippen LogP contribution is 2.26. The van der Waals surface area contributed by atoms with E-state index in [0.717, 1.165) is 6.07 Å². The molecule has 0 saturated carbocycles. The summed E-state index contributed by atoms with van der Waals surface area (Å²) in [5.74, 6) is 0.640. The highest BCUT2D eigenvalue weighted by Gasteiger charge is 2.32. The van der Waals surface area contributed by atoms with Crippen molar-refractivity contribution in [1.29, 1.82) is 0 Å². The molecule has 1 rings (SSSR count). The molecular weight excluding hydrogens is 243 g/mol. The van der Waals surface area contributed by atoms with Gasteiger partial charge >= 0.3 is 6.18 Å². The fourth-order valence-corrected chi connectivity index (χ4v) is 1.29. The Hall–Kier alpha value is -1.18. The molecular formula is C8H10F3N3OS. The van der Waals surface area contributed by atoms with E-state index in [1.165, 1.54) is 6.07 Å². The van der Waals surface area contributed by atoms with Gasteiger partial charge in [0.2, 0.25) is 0 Å². The van der Waals surface area contributed by atoms with Crippen LogP contribution in [0.4, 0.5) is 19.0 Å². The van der Waals surface area contributed by atoms with Crippen LogP contribution in [0.25, 0.3) is 0 Å². The zero-order valence-electron chi connectivity index (χ0n) is 8.41. The second-order valence-electron chi connectivity index (χ2n) is 3.01. The molecule has 1 N–H and O–H groups in total. The summed E-state index contributed by atoms with van der Waals surface area (Å²) in [6.07, 6.45) is -2.93. The molecule has 1 aromatic heterocycles. The molecule has 0 aliphatic heterocycles. The van der Waals surface area contributed by atoms with E-state index in [2.05, 4.69) is 15.5 Å². The van der Waals surface area contributed by atoms with Gasteiger partial charge in [-0.15, -0.1) is 10.2 Å². The lowest BCUT2D eigenvalue weighted by atomic mass is 10.4. The van der Waals surface area contributed by atoms with Gasteiger partial charge in [0.05, 0.1) is 0 Å². The van der Waals surface area contributed by atoms with E-state index in [1.807, 2.05) is 0 Å². The lowest BCUT2D eigenvalue weighted by Crippen LogP contribution is -2.13. The first-order valence-corrected chi connectivity index (χ1v) is 6.07. The molecule has 1 heterocycles. The van der Waals surface area contributed by atoms with Crippen molar-refractivity contribution in [2.45, 2.75) is 6.18 Å². The molecule has 0 aliphatic carbocycles. The monoisotopic (exact) mass is 253 g/mol. The number of hydrogen-bond donors (Lipinski definition) is 1. The van der Waals surface area contributed by atoms with Crippen molar-refractivity contribution in [1.82, 2.24) is 10.2 Å². The van der Waals surface area contributed by atoms with Crippen LogP contribution in [-0.4, -0.2) is 33.0 Å². The predicted molar refractivity (Wildman–Crippen MR) is 54.5 cm³/mol. The Morgan fingerprint density at radius 2 is 2.06 bits per heavy atom. The lowest BCUT2D eigenvalue weighted by Gasteiger charge is -2.06. The molecule has 0 bridgehead atoms. The summed E-state index contributed by atoms with van der Waals surface area (Å²) in [4.78, 5) is 0. The quantitative estimate of drug-likeness (QED) is 0.878. The Bertz CT molecular complexity index is 366. The van der Waals surface area contributed by atoms with Gasteiger partial charge in [-0.1, -0.05) is 0 Å². The van der Waals surface area contributed by atoms with E-state index in [-0.39, 0.29) is 5.82 Å². The van der Waals surface area contributed by atoms with Gasteiger partial charge < -0.3 is 5.32 Å². The first-order valence-electron chi connectivity index (χ1n) is 4.34. The number of nitrogens with zero attached hydrogens (tertiary/aromatic N) is 2. The smallest absolute Gasteiger partial charge is 0.368 e. The van der Waals surface area contributed by atoms with Gasteiger partial charge in [-0.3, -0.25) is 4.21 Å². The number of alkyl halides is 3. The largest absolute Gasteiger partial charge is 0.435 e. The number of halogens is 3. The van der Waals surface area contributed by atoms with Crippen molar-refractivity contribution in [3.05, 3.63) is 17.8 Å². The van der Waals surface area contributed by atoms with Crippen molar-refractivity contribution in [3.63, 3.8) is 0 Å². The molecule has 1 aromatic rings. The Morgan fingerprint density at radius 3 is 2.50 bits per heavy atom. The topological polar surface area (TPSA) is 54.9 Å². The molecule has 1 atom stereocenters. The zero-order valence-corrected chi connectivity index (χ0v) is 9.23. The second-order valence-corrected chi connectivity index (χ2v) is 4.56. The number of hydrogen-bond acceptors (Lipinski definition) is 4. The normalized spacial score (nSPS) is 13.5. The molecule has 16 heavy (non-hydrogen) atoms. The highest BCUT2D eigenvalue weighted by molar-refractivity contribution is 7.84. The third-order valence-electron chi connectivity index (χ3n) is 1.65. The van der Waals surface area contributed by atoms with Gasteiger partial charge in [0.1, 0.15) is 5.82 Å². The Balaban J connectivity index is 2.55. The van der Waals surface area contributed by atoms with Gasteiger partial charge in [-0.2, -0.15) is 13.2 Å². The van der Waals surface area contributed by atoms with E-state index >= 15 is 0 Å². The van der Waals surface area contributed by atoms with E-state index < -0.39 is 22.7 Å². The minimum atomic E-state index is -4.48. The fraction of sp³-hybridized carbons (Fsp3) is 0.500. The minimum Gasteiger partial charge on any atom is -0.368 e. The summed E-state index contributed by atoms with van der Waals surface area (Å²) in [6.45, 7) is 0.378. The van der Waals surface area contributed by atoms with Crippen LogP contribution in [0.1, 0.15) is 5.69 Å². The first-order chi connectivity index (χ1) is 7.39. The zero-order chi connectivity index (χ0) is 12.2. The Kier molecular flexibility index (Phi) is 4.22. The molecule has 0 fully saturated rings. The first kappa shape index (κ1) is 12.9. The van der Waals surface area contributed by atoms with Crippen LogP contribution in [0, 0.1) is 0 Å². The van der Waals surface area contributed by atoms with Gasteiger partial charge in [-0.25, -0.2) is 0 Å². The third-order valence-corrected chi connectivity index (χ3v) is 2.43. The number of anilines is 1. The van der Waals surface area contributed by atoms with Crippen molar-refractivity contribution in [2.24, 2.45) is 0 Å². The van der Waals surface area contributed by atoms with Gasteiger partial charge in [0.25, 0.3) is 0 Å². The molecule has 0 aromatic carbocycles. The molecule has 8 heteroatoms. The molecule has 90 valence electrons. The minimum absolute atomic E-state index is 0.235. The molecule has 0 saturated heterocycles. The maximum atomic E-state index is 12.1. The van der Waals surface area contributed by atoms with Crippen molar-refractivity contribution < 1.29 is 17.4 Å². The maximum Gasteiger partial charge on any atom is 0.435 e. The lowest BCUT2D eigenvalue weighted by molar-refractivity contribution is -0.141. The maximum absolute atomic E-state index is 12.1. The third kappa shape index (κ3) is 4.13. The van der Waals surface area contributed by atoms with E-state index in [1.54, 1.807) is 6.26 Å². The van der Waals surface area contributed by atoms with E-state index in [4.69, 9.17) is 0 Å². The van der Waals surface area contributed by atoms with Crippen molar-refractivity contribution in [3.8, 4) is 0 Å². The highest BCUT2D eigenvalue weighted by atomic mass is 32.2. The summed E-state index contributed by atoms with van der Waals surface area (Å²) in [6, 6.07) is 2.03. The second kappa shape index (κ2) is 5.24. The number of rotatable bonds is 4. The predicted octanol–water partition coefficient (Wildman–Crippen LogP) is 1.29. The van der Waals surface area contributed by atoms with E-state index in [9.17, 15) is 17.4 Å². The van der Waals surface area contributed by atoms with Crippen LogP contribution in [0.2, 0.25) is 0 Å². The summed E-state index contributed by atoms with van der Waals surface area (Å²) in [7, 11) is -0.948. The molecule has 4 nitrogen and oxygen atoms in total. The SMILES string of the molecule is CS(=O)CCNc1ccc(C(F)(F)F)nn1. The van der Waals surface area contributed by atoms with Crippen LogP contribution in [0.15, 0.2) is 12.1 Å². The summed E-state index contributed by atoms with van der Waals surface area (Å²) >= 11 is 0. The van der Waals surface area contributed by atoms with Crippen LogP contribution in [0.5, 0.6) is 0 Å². The van der Waals surface area contributed by atoms with Crippen LogP contribution < -0.4 is 5.32 Å². The van der Waals surface area contributed by atoms with E-state index in [0.29, 0.717) is 12.3 Å². The standard InChI is InChI=1S/C8H10F3N3OS/c1-16(15)5-4-12-7-3-2-6(13-14-7)8(9,10)11/h2-3H,4-5H2,1H3,(H,12,14). The number of aromatic nitrogens is 2. The van der Waals surface area contributed by atoms with Crippen molar-refractivity contribution in [2.75, 3.05) is 23.9 Å². The molecule has 0 spiro atoms. The Labute approximate surface area is 92.7 Å². The van der Waals surface area contributed by atoms with Gasteiger partial charge in [0, 0.05) is 29.4 Å². The molecule has 1 unspecified atom stereocenters. The van der Waals surface area contributed by atoms with Gasteiger partial charge in [0.15, 0.2) is 5.69 Å². The van der Waals surface area contributed by atoms with Crippen LogP contribution in [-0.2, 0) is 17.0 Å². The van der Waals surface area contributed by atoms with Gasteiger partial charge in [-0.05, 0) is 12.1 Å². The molecule has 0 amide bonds. The summed E-state index contributed by atoms with van der Waals surface area (Å²) in [5.41, 5.74) is -1.03. The van der Waals surface area contributed by atoms with Crippen LogP contribution >= 0.6 is 0 Å². The van der Waals surface area contributed by atoms with Crippen LogP contribution in [0.3, 0.4) is 0 Å². The average Bonchev–Trinajstić information content (AvgIpc) is 2.16. The molecule has 0 aliphatic rings. The molecule has 0 radical (unpaired) electrons. The Morgan fingerprint density at radius 1 is 1.38 bits per heavy atom. The number of nitrogens with one attached hydrogen (secondary N) is 1. The average molecular weight is 253 g/mol. The van der Waals surface area contributed by atoms with Crippen molar-refractivity contribution >= 4 is 16.6 Å². The summed E-state index contributed by atoms with van der Waals surface area (Å²) < 4.78 is 47.0.